The minimum atomic E-state index is -3.44. The van der Waals surface area contributed by atoms with Crippen molar-refractivity contribution in [2.45, 2.75) is 30.7 Å². The minimum Gasteiger partial charge on any atom is -0.370 e. The Morgan fingerprint density at radius 1 is 1.40 bits per heavy atom. The van der Waals surface area contributed by atoms with E-state index in [1.165, 1.54) is 7.05 Å². The Bertz CT molecular complexity index is 559. The summed E-state index contributed by atoms with van der Waals surface area (Å²) < 4.78 is 26.6. The van der Waals surface area contributed by atoms with E-state index in [0.717, 1.165) is 31.6 Å². The first kappa shape index (κ1) is 15.3. The van der Waals surface area contributed by atoms with Crippen LogP contribution in [0.4, 0.5) is 5.69 Å². The standard InChI is InChI=1S/C14H23N3O2S/c1-3-11-10-17(9-8-12(11)15)13-6-4-5-7-14(13)20(18,19)16-2/h4-7,11-12,16H,3,8-10,15H2,1-2H3. The number of benzene rings is 1. The average Bonchev–Trinajstić information content (AvgIpc) is 2.48. The van der Waals surface area contributed by atoms with E-state index in [2.05, 4.69) is 16.5 Å². The summed E-state index contributed by atoms with van der Waals surface area (Å²) in [6.07, 6.45) is 1.91. The molecule has 0 bridgehead atoms. The van der Waals surface area contributed by atoms with Crippen molar-refractivity contribution >= 4 is 15.7 Å². The Hall–Kier alpha value is -1.11. The first-order valence-electron chi connectivity index (χ1n) is 7.02. The summed E-state index contributed by atoms with van der Waals surface area (Å²) in [6, 6.07) is 7.36. The molecule has 1 heterocycles. The SMILES string of the molecule is CCC1CN(c2ccccc2S(=O)(=O)NC)CCC1N. The van der Waals surface area contributed by atoms with Crippen molar-refractivity contribution in [3.63, 3.8) is 0 Å². The lowest BCUT2D eigenvalue weighted by Gasteiger charge is -2.38. The monoisotopic (exact) mass is 297 g/mol. The lowest BCUT2D eigenvalue weighted by molar-refractivity contribution is 0.347. The lowest BCUT2D eigenvalue weighted by atomic mass is 9.90. The largest absolute Gasteiger partial charge is 0.370 e. The number of nitrogens with zero attached hydrogens (tertiary/aromatic N) is 1. The van der Waals surface area contributed by atoms with Gasteiger partial charge < -0.3 is 10.6 Å². The Balaban J connectivity index is 2.34. The number of hydrogen-bond acceptors (Lipinski definition) is 4. The van der Waals surface area contributed by atoms with Crippen LogP contribution < -0.4 is 15.4 Å². The molecule has 2 atom stereocenters. The molecule has 20 heavy (non-hydrogen) atoms. The smallest absolute Gasteiger partial charge is 0.242 e. The quantitative estimate of drug-likeness (QED) is 0.874. The van der Waals surface area contributed by atoms with Gasteiger partial charge in [0.15, 0.2) is 0 Å². The average molecular weight is 297 g/mol. The van der Waals surface area contributed by atoms with E-state index in [1.807, 2.05) is 12.1 Å². The highest BCUT2D eigenvalue weighted by Gasteiger charge is 2.28. The first-order chi connectivity index (χ1) is 9.49. The van der Waals surface area contributed by atoms with Crippen LogP contribution in [-0.4, -0.2) is 34.6 Å². The normalized spacial score (nSPS) is 23.9. The van der Waals surface area contributed by atoms with Crippen molar-refractivity contribution in [3.8, 4) is 0 Å². The van der Waals surface area contributed by atoms with Crippen molar-refractivity contribution < 1.29 is 8.42 Å². The van der Waals surface area contributed by atoms with Gasteiger partial charge in [-0.3, -0.25) is 0 Å². The molecule has 1 aromatic carbocycles. The summed E-state index contributed by atoms with van der Waals surface area (Å²) in [5.74, 6) is 0.411. The van der Waals surface area contributed by atoms with E-state index < -0.39 is 10.0 Å². The van der Waals surface area contributed by atoms with Crippen LogP contribution in [0.1, 0.15) is 19.8 Å². The molecule has 0 aromatic heterocycles. The highest BCUT2D eigenvalue weighted by Crippen LogP contribution is 2.29. The second-order valence-electron chi connectivity index (χ2n) is 5.24. The van der Waals surface area contributed by atoms with Crippen molar-refractivity contribution in [1.29, 1.82) is 0 Å². The van der Waals surface area contributed by atoms with Crippen LogP contribution in [-0.2, 0) is 10.0 Å². The molecule has 0 amide bonds. The summed E-state index contributed by atoms with van der Waals surface area (Å²) in [6.45, 7) is 3.74. The molecule has 5 nitrogen and oxygen atoms in total. The summed E-state index contributed by atoms with van der Waals surface area (Å²) in [5, 5.41) is 0. The number of nitrogens with one attached hydrogen (secondary N) is 1. The third kappa shape index (κ3) is 2.97. The highest BCUT2D eigenvalue weighted by atomic mass is 32.2. The maximum Gasteiger partial charge on any atom is 0.242 e. The van der Waals surface area contributed by atoms with Gasteiger partial charge in [0.1, 0.15) is 4.90 Å². The van der Waals surface area contributed by atoms with Gasteiger partial charge >= 0.3 is 0 Å². The van der Waals surface area contributed by atoms with E-state index in [4.69, 9.17) is 5.73 Å². The van der Waals surface area contributed by atoms with E-state index in [-0.39, 0.29) is 6.04 Å². The molecular weight excluding hydrogens is 274 g/mol. The van der Waals surface area contributed by atoms with Crippen molar-refractivity contribution in [1.82, 2.24) is 4.72 Å². The van der Waals surface area contributed by atoms with E-state index in [9.17, 15) is 8.42 Å². The fourth-order valence-electron chi connectivity index (χ4n) is 2.76. The molecule has 1 saturated heterocycles. The molecule has 112 valence electrons. The molecule has 3 N–H and O–H groups in total. The first-order valence-corrected chi connectivity index (χ1v) is 8.51. The van der Waals surface area contributed by atoms with Crippen LogP contribution in [0.15, 0.2) is 29.2 Å². The van der Waals surface area contributed by atoms with Gasteiger partial charge in [-0.25, -0.2) is 13.1 Å². The van der Waals surface area contributed by atoms with Gasteiger partial charge in [-0.2, -0.15) is 0 Å². The second kappa shape index (κ2) is 6.11. The summed E-state index contributed by atoms with van der Waals surface area (Å²) in [7, 11) is -2.00. The predicted molar refractivity (Wildman–Crippen MR) is 81.3 cm³/mol. The summed E-state index contributed by atoms with van der Waals surface area (Å²) >= 11 is 0. The molecular formula is C14H23N3O2S. The molecule has 1 fully saturated rings. The molecule has 2 rings (SSSR count). The van der Waals surface area contributed by atoms with Crippen LogP contribution >= 0.6 is 0 Å². The van der Waals surface area contributed by atoms with Crippen molar-refractivity contribution in [3.05, 3.63) is 24.3 Å². The predicted octanol–water partition coefficient (Wildman–Crippen LogP) is 1.16. The molecule has 0 aliphatic carbocycles. The summed E-state index contributed by atoms with van der Waals surface area (Å²) in [5.41, 5.74) is 6.89. The number of sulfonamides is 1. The van der Waals surface area contributed by atoms with Crippen LogP contribution in [0, 0.1) is 5.92 Å². The second-order valence-corrected chi connectivity index (χ2v) is 7.10. The van der Waals surface area contributed by atoms with E-state index in [0.29, 0.717) is 10.8 Å². The van der Waals surface area contributed by atoms with Crippen LogP contribution in [0.2, 0.25) is 0 Å². The molecule has 1 aromatic rings. The summed E-state index contributed by atoms with van der Waals surface area (Å²) in [4.78, 5) is 2.48. The molecule has 0 radical (unpaired) electrons. The van der Waals surface area contributed by atoms with Gasteiger partial charge in [0.2, 0.25) is 10.0 Å². The number of rotatable bonds is 4. The maximum absolute atomic E-state index is 12.1. The molecule has 2 unspecified atom stereocenters. The third-order valence-electron chi connectivity index (χ3n) is 4.08. The zero-order chi connectivity index (χ0) is 14.8. The molecule has 6 heteroatoms. The van der Waals surface area contributed by atoms with Crippen LogP contribution in [0.5, 0.6) is 0 Å². The van der Waals surface area contributed by atoms with Crippen molar-refractivity contribution in [2.24, 2.45) is 11.7 Å². The highest BCUT2D eigenvalue weighted by molar-refractivity contribution is 7.89. The zero-order valence-corrected chi connectivity index (χ0v) is 12.9. The van der Waals surface area contributed by atoms with Crippen LogP contribution in [0.3, 0.4) is 0 Å². The van der Waals surface area contributed by atoms with Gasteiger partial charge in [0.05, 0.1) is 5.69 Å². The minimum absolute atomic E-state index is 0.212. The fraction of sp³-hybridized carbons (Fsp3) is 0.571. The van der Waals surface area contributed by atoms with Gasteiger partial charge in [-0.1, -0.05) is 25.5 Å². The van der Waals surface area contributed by atoms with E-state index >= 15 is 0 Å². The Morgan fingerprint density at radius 3 is 2.75 bits per heavy atom. The van der Waals surface area contributed by atoms with Crippen LogP contribution in [0.25, 0.3) is 0 Å². The Labute approximate surface area is 121 Å². The number of nitrogens with two attached hydrogens (primary N) is 1. The zero-order valence-electron chi connectivity index (χ0n) is 12.0. The van der Waals surface area contributed by atoms with Gasteiger partial charge in [-0.05, 0) is 31.5 Å². The Kier molecular flexibility index (Phi) is 4.67. The fourth-order valence-corrected chi connectivity index (χ4v) is 3.71. The molecule has 0 spiro atoms. The topological polar surface area (TPSA) is 75.4 Å². The number of piperidine rings is 1. The van der Waals surface area contributed by atoms with Crippen molar-refractivity contribution in [2.75, 3.05) is 25.0 Å². The van der Waals surface area contributed by atoms with Gasteiger partial charge in [-0.15, -0.1) is 0 Å². The number of hydrogen-bond donors (Lipinski definition) is 2. The molecule has 0 saturated carbocycles. The van der Waals surface area contributed by atoms with Gasteiger partial charge in [0.25, 0.3) is 0 Å². The lowest BCUT2D eigenvalue weighted by Crippen LogP contribution is -2.47. The number of para-hydroxylation sites is 1. The number of anilines is 1. The van der Waals surface area contributed by atoms with Gasteiger partial charge in [0, 0.05) is 19.1 Å². The molecule has 1 aliphatic rings. The molecule has 1 aliphatic heterocycles. The Morgan fingerprint density at radius 2 is 2.10 bits per heavy atom. The maximum atomic E-state index is 12.1. The third-order valence-corrected chi connectivity index (χ3v) is 5.54. The van der Waals surface area contributed by atoms with E-state index in [1.54, 1.807) is 12.1 Å².